The number of aliphatic hydroxyl groups is 1. The van der Waals surface area contributed by atoms with Crippen molar-refractivity contribution in [2.75, 3.05) is 11.5 Å². The molecule has 1 aromatic carbocycles. The molecule has 0 aliphatic rings. The number of benzene rings is 1. The highest BCUT2D eigenvalue weighted by Gasteiger charge is 2.17. The van der Waals surface area contributed by atoms with Crippen LogP contribution in [0.15, 0.2) is 36.4 Å². The summed E-state index contributed by atoms with van der Waals surface area (Å²) in [6, 6.07) is 6.57. The normalized spacial score (nSPS) is 14.1. The topological polar surface area (TPSA) is 54.4 Å². The van der Waals surface area contributed by atoms with Crippen LogP contribution >= 0.6 is 11.6 Å². The molecule has 5 heteroatoms. The van der Waals surface area contributed by atoms with E-state index in [1.54, 1.807) is 43.3 Å². The van der Waals surface area contributed by atoms with E-state index in [-0.39, 0.29) is 11.5 Å². The second-order valence-corrected chi connectivity index (χ2v) is 6.31. The van der Waals surface area contributed by atoms with E-state index in [0.717, 1.165) is 0 Å². The Kier molecular flexibility index (Phi) is 5.18. The first-order chi connectivity index (χ1) is 7.94. The average Bonchev–Trinajstić information content (AvgIpc) is 2.26. The van der Waals surface area contributed by atoms with Crippen LogP contribution in [0.25, 0.3) is 0 Å². The van der Waals surface area contributed by atoms with Gasteiger partial charge in [0.1, 0.15) is 0 Å². The molecule has 0 radical (unpaired) electrons. The standard InChI is InChI=1S/C12H15ClO3S/c1-2-3-7-17(15,16)9-12(14)10-5-4-6-11(13)8-10/h2-6,8,12,14H,7,9H2,1H3. The van der Waals surface area contributed by atoms with E-state index in [1.165, 1.54) is 0 Å². The number of sulfone groups is 1. The van der Waals surface area contributed by atoms with Crippen molar-refractivity contribution in [1.82, 2.24) is 0 Å². The summed E-state index contributed by atoms with van der Waals surface area (Å²) in [6.07, 6.45) is 2.19. The maximum absolute atomic E-state index is 11.6. The van der Waals surface area contributed by atoms with Gasteiger partial charge in [0.15, 0.2) is 9.84 Å². The van der Waals surface area contributed by atoms with Crippen LogP contribution in [0, 0.1) is 0 Å². The summed E-state index contributed by atoms with van der Waals surface area (Å²) < 4.78 is 23.2. The van der Waals surface area contributed by atoms with E-state index in [1.807, 2.05) is 0 Å². The van der Waals surface area contributed by atoms with E-state index in [9.17, 15) is 13.5 Å². The molecule has 0 spiro atoms. The number of aliphatic hydroxyl groups excluding tert-OH is 1. The summed E-state index contributed by atoms with van der Waals surface area (Å²) in [6.45, 7) is 1.75. The SMILES string of the molecule is CC=CCS(=O)(=O)CC(O)c1cccc(Cl)c1. The van der Waals surface area contributed by atoms with Gasteiger partial charge in [-0.1, -0.05) is 35.9 Å². The van der Waals surface area contributed by atoms with Gasteiger partial charge in [-0.05, 0) is 24.6 Å². The lowest BCUT2D eigenvalue weighted by atomic mass is 10.1. The van der Waals surface area contributed by atoms with Crippen molar-refractivity contribution in [3.8, 4) is 0 Å². The Balaban J connectivity index is 2.75. The van der Waals surface area contributed by atoms with Crippen LogP contribution in [0.3, 0.4) is 0 Å². The molecule has 0 bridgehead atoms. The molecule has 1 unspecified atom stereocenters. The second-order valence-electron chi connectivity index (χ2n) is 3.72. The lowest BCUT2D eigenvalue weighted by Gasteiger charge is -2.11. The summed E-state index contributed by atoms with van der Waals surface area (Å²) in [7, 11) is -3.28. The molecule has 0 saturated carbocycles. The van der Waals surface area contributed by atoms with E-state index < -0.39 is 15.9 Å². The molecule has 0 aliphatic carbocycles. The predicted octanol–water partition coefficient (Wildman–Crippen LogP) is 2.36. The summed E-state index contributed by atoms with van der Waals surface area (Å²) in [5.74, 6) is -0.348. The van der Waals surface area contributed by atoms with Gasteiger partial charge in [-0.2, -0.15) is 0 Å². The first-order valence-corrected chi connectivity index (χ1v) is 7.39. The molecule has 0 aliphatic heterocycles. The lowest BCUT2D eigenvalue weighted by molar-refractivity contribution is 0.202. The van der Waals surface area contributed by atoms with Crippen molar-refractivity contribution >= 4 is 21.4 Å². The average molecular weight is 275 g/mol. The second kappa shape index (κ2) is 6.19. The van der Waals surface area contributed by atoms with Crippen LogP contribution < -0.4 is 0 Å². The van der Waals surface area contributed by atoms with Crippen LogP contribution in [0.4, 0.5) is 0 Å². The maximum atomic E-state index is 11.6. The van der Waals surface area contributed by atoms with Crippen molar-refractivity contribution in [2.45, 2.75) is 13.0 Å². The summed E-state index contributed by atoms with van der Waals surface area (Å²) in [5.41, 5.74) is 0.515. The van der Waals surface area contributed by atoms with Crippen LogP contribution in [0.2, 0.25) is 5.02 Å². The van der Waals surface area contributed by atoms with Crippen LogP contribution in [-0.2, 0) is 9.84 Å². The molecular formula is C12H15ClO3S. The number of hydrogen-bond acceptors (Lipinski definition) is 3. The quantitative estimate of drug-likeness (QED) is 0.839. The Morgan fingerprint density at radius 3 is 2.76 bits per heavy atom. The van der Waals surface area contributed by atoms with Crippen molar-refractivity contribution in [1.29, 1.82) is 0 Å². The van der Waals surface area contributed by atoms with Gasteiger partial charge in [0.05, 0.1) is 17.6 Å². The molecular weight excluding hydrogens is 260 g/mol. The predicted molar refractivity (Wildman–Crippen MR) is 69.9 cm³/mol. The summed E-state index contributed by atoms with van der Waals surface area (Å²) in [5, 5.41) is 10.3. The molecule has 0 heterocycles. The van der Waals surface area contributed by atoms with Gasteiger partial charge in [0.25, 0.3) is 0 Å². The number of allylic oxidation sites excluding steroid dienone is 1. The van der Waals surface area contributed by atoms with Crippen molar-refractivity contribution < 1.29 is 13.5 Å². The van der Waals surface area contributed by atoms with E-state index >= 15 is 0 Å². The fraction of sp³-hybridized carbons (Fsp3) is 0.333. The van der Waals surface area contributed by atoms with Crippen molar-refractivity contribution in [3.05, 3.63) is 47.0 Å². The van der Waals surface area contributed by atoms with Gasteiger partial charge in [-0.25, -0.2) is 8.42 Å². The zero-order valence-corrected chi connectivity index (χ0v) is 11.1. The van der Waals surface area contributed by atoms with Crippen LogP contribution in [-0.4, -0.2) is 25.0 Å². The number of rotatable bonds is 5. The van der Waals surface area contributed by atoms with Crippen molar-refractivity contribution in [3.63, 3.8) is 0 Å². The van der Waals surface area contributed by atoms with Gasteiger partial charge in [-0.3, -0.25) is 0 Å². The van der Waals surface area contributed by atoms with Gasteiger partial charge in [-0.15, -0.1) is 0 Å². The lowest BCUT2D eigenvalue weighted by Crippen LogP contribution is -2.16. The van der Waals surface area contributed by atoms with Crippen LogP contribution in [0.1, 0.15) is 18.6 Å². The van der Waals surface area contributed by atoms with E-state index in [4.69, 9.17) is 11.6 Å². The molecule has 17 heavy (non-hydrogen) atoms. The Morgan fingerprint density at radius 1 is 1.47 bits per heavy atom. The molecule has 1 N–H and O–H groups in total. The maximum Gasteiger partial charge on any atom is 0.156 e. The van der Waals surface area contributed by atoms with E-state index in [2.05, 4.69) is 0 Å². The molecule has 0 amide bonds. The first kappa shape index (κ1) is 14.2. The Bertz CT molecular complexity index is 494. The highest BCUT2D eigenvalue weighted by atomic mass is 35.5. The Morgan fingerprint density at radius 2 is 2.18 bits per heavy atom. The molecule has 1 rings (SSSR count). The van der Waals surface area contributed by atoms with Gasteiger partial charge in [0.2, 0.25) is 0 Å². The molecule has 0 aromatic heterocycles. The zero-order valence-electron chi connectivity index (χ0n) is 9.51. The fourth-order valence-corrected chi connectivity index (χ4v) is 2.86. The smallest absolute Gasteiger partial charge is 0.156 e. The highest BCUT2D eigenvalue weighted by Crippen LogP contribution is 2.19. The van der Waals surface area contributed by atoms with E-state index in [0.29, 0.717) is 10.6 Å². The first-order valence-electron chi connectivity index (χ1n) is 5.20. The number of halogens is 1. The summed E-state index contributed by atoms with van der Waals surface area (Å²) >= 11 is 5.77. The minimum Gasteiger partial charge on any atom is -0.387 e. The molecule has 0 fully saturated rings. The monoisotopic (exact) mass is 274 g/mol. The third-order valence-electron chi connectivity index (χ3n) is 2.23. The largest absolute Gasteiger partial charge is 0.387 e. The molecule has 3 nitrogen and oxygen atoms in total. The van der Waals surface area contributed by atoms with Crippen LogP contribution in [0.5, 0.6) is 0 Å². The Labute approximate surface area is 107 Å². The molecule has 0 saturated heterocycles. The van der Waals surface area contributed by atoms with Gasteiger partial charge in [0, 0.05) is 5.02 Å². The van der Waals surface area contributed by atoms with Gasteiger partial charge >= 0.3 is 0 Å². The number of hydrogen-bond donors (Lipinski definition) is 1. The third-order valence-corrected chi connectivity index (χ3v) is 3.99. The molecule has 1 atom stereocenters. The minimum absolute atomic E-state index is 0.0544. The summed E-state index contributed by atoms with van der Waals surface area (Å²) in [4.78, 5) is 0. The molecule has 94 valence electrons. The molecule has 1 aromatic rings. The Hall–Kier alpha value is -0.840. The zero-order chi connectivity index (χ0) is 12.9. The van der Waals surface area contributed by atoms with Gasteiger partial charge < -0.3 is 5.11 Å². The third kappa shape index (κ3) is 4.89. The fourth-order valence-electron chi connectivity index (χ4n) is 1.36. The minimum atomic E-state index is -3.28. The van der Waals surface area contributed by atoms with Crippen molar-refractivity contribution in [2.24, 2.45) is 0 Å². The highest BCUT2D eigenvalue weighted by molar-refractivity contribution is 7.91.